The molecule has 108 valence electrons. The van der Waals surface area contributed by atoms with Gasteiger partial charge < -0.3 is 9.84 Å². The first-order chi connectivity index (χ1) is 9.10. The van der Waals surface area contributed by atoms with E-state index in [9.17, 15) is 0 Å². The second-order valence-electron chi connectivity index (χ2n) is 6.30. The van der Waals surface area contributed by atoms with Crippen molar-refractivity contribution in [1.82, 2.24) is 15.5 Å². The van der Waals surface area contributed by atoms with Gasteiger partial charge in [-0.25, -0.2) is 0 Å². The molecule has 4 heteroatoms. The number of hydrogen-bond donors (Lipinski definition) is 1. The summed E-state index contributed by atoms with van der Waals surface area (Å²) < 4.78 is 5.36. The van der Waals surface area contributed by atoms with Crippen molar-refractivity contribution in [2.75, 3.05) is 7.05 Å². The summed E-state index contributed by atoms with van der Waals surface area (Å²) in [6.45, 7) is 6.78. The number of likely N-dealkylation sites (N-methyl/N-ethyl adjacent to an activating group) is 1. The van der Waals surface area contributed by atoms with Gasteiger partial charge in [-0.15, -0.1) is 0 Å². The highest BCUT2D eigenvalue weighted by molar-refractivity contribution is 4.98. The fourth-order valence-electron chi connectivity index (χ4n) is 2.92. The Hall–Kier alpha value is -0.900. The minimum absolute atomic E-state index is 0.380. The molecule has 1 aliphatic carbocycles. The molecule has 1 heterocycles. The van der Waals surface area contributed by atoms with E-state index < -0.39 is 0 Å². The van der Waals surface area contributed by atoms with Crippen molar-refractivity contribution in [3.8, 4) is 0 Å². The highest BCUT2D eigenvalue weighted by Crippen LogP contribution is 2.37. The van der Waals surface area contributed by atoms with Crippen molar-refractivity contribution < 1.29 is 4.52 Å². The van der Waals surface area contributed by atoms with Crippen molar-refractivity contribution in [3.05, 3.63) is 11.7 Å². The molecule has 19 heavy (non-hydrogen) atoms. The third-order valence-corrected chi connectivity index (χ3v) is 4.54. The molecule has 0 amide bonds. The summed E-state index contributed by atoms with van der Waals surface area (Å²) in [5.41, 5.74) is 0. The zero-order chi connectivity index (χ0) is 13.8. The molecule has 1 unspecified atom stereocenters. The SMILES string of the molecule is CNC(C)Cc1nc(C2CCC(C(C)C)CC2)no1. The molecule has 0 bridgehead atoms. The molecule has 1 fully saturated rings. The molecule has 0 spiro atoms. The Bertz CT molecular complexity index is 380. The lowest BCUT2D eigenvalue weighted by Crippen LogP contribution is -2.23. The van der Waals surface area contributed by atoms with E-state index in [1.165, 1.54) is 25.7 Å². The second-order valence-corrected chi connectivity index (χ2v) is 6.30. The molecule has 0 radical (unpaired) electrons. The average Bonchev–Trinajstić information content (AvgIpc) is 2.87. The second kappa shape index (κ2) is 6.51. The van der Waals surface area contributed by atoms with Crippen LogP contribution in [0.5, 0.6) is 0 Å². The third kappa shape index (κ3) is 3.78. The molecular weight excluding hydrogens is 238 g/mol. The lowest BCUT2D eigenvalue weighted by atomic mass is 9.77. The Kier molecular flexibility index (Phi) is 4.97. The van der Waals surface area contributed by atoms with Crippen LogP contribution in [0.2, 0.25) is 0 Å². The summed E-state index contributed by atoms with van der Waals surface area (Å²) in [5, 5.41) is 7.38. The molecule has 0 aromatic carbocycles. The van der Waals surface area contributed by atoms with E-state index in [1.54, 1.807) is 0 Å². The Morgan fingerprint density at radius 1 is 1.21 bits per heavy atom. The molecule has 1 aromatic rings. The standard InChI is InChI=1S/C15H27N3O/c1-10(2)12-5-7-13(8-6-12)15-17-14(19-18-15)9-11(3)16-4/h10-13,16H,5-9H2,1-4H3. The van der Waals surface area contributed by atoms with Crippen LogP contribution in [-0.4, -0.2) is 23.2 Å². The van der Waals surface area contributed by atoms with Gasteiger partial charge in [-0.2, -0.15) is 4.98 Å². The first-order valence-corrected chi connectivity index (χ1v) is 7.60. The predicted molar refractivity (Wildman–Crippen MR) is 76.1 cm³/mol. The van der Waals surface area contributed by atoms with Gasteiger partial charge in [0.25, 0.3) is 0 Å². The van der Waals surface area contributed by atoms with E-state index in [-0.39, 0.29) is 0 Å². The quantitative estimate of drug-likeness (QED) is 0.888. The molecule has 1 N–H and O–H groups in total. The zero-order valence-electron chi connectivity index (χ0n) is 12.6. The average molecular weight is 265 g/mol. The topological polar surface area (TPSA) is 51.0 Å². The van der Waals surface area contributed by atoms with Crippen molar-refractivity contribution in [2.45, 2.75) is 64.8 Å². The smallest absolute Gasteiger partial charge is 0.228 e. The lowest BCUT2D eigenvalue weighted by molar-refractivity contribution is 0.251. The zero-order valence-corrected chi connectivity index (χ0v) is 12.6. The molecule has 4 nitrogen and oxygen atoms in total. The van der Waals surface area contributed by atoms with E-state index in [4.69, 9.17) is 4.52 Å². The van der Waals surface area contributed by atoms with Crippen LogP contribution >= 0.6 is 0 Å². The van der Waals surface area contributed by atoms with Crippen LogP contribution in [0.25, 0.3) is 0 Å². The Balaban J connectivity index is 1.89. The lowest BCUT2D eigenvalue weighted by Gasteiger charge is -2.29. The Morgan fingerprint density at radius 3 is 2.47 bits per heavy atom. The molecule has 2 rings (SSSR count). The van der Waals surface area contributed by atoms with Gasteiger partial charge >= 0.3 is 0 Å². The van der Waals surface area contributed by atoms with Gasteiger partial charge in [-0.1, -0.05) is 19.0 Å². The molecule has 0 aliphatic heterocycles. The van der Waals surface area contributed by atoms with Crippen LogP contribution < -0.4 is 5.32 Å². The van der Waals surface area contributed by atoms with Crippen LogP contribution in [0.1, 0.15) is 64.1 Å². The maximum absolute atomic E-state index is 5.36. The third-order valence-electron chi connectivity index (χ3n) is 4.54. The van der Waals surface area contributed by atoms with Crippen molar-refractivity contribution in [2.24, 2.45) is 11.8 Å². The molecular formula is C15H27N3O. The number of rotatable bonds is 5. The monoisotopic (exact) mass is 265 g/mol. The minimum atomic E-state index is 0.380. The van der Waals surface area contributed by atoms with Gasteiger partial charge in [0.1, 0.15) is 0 Å². The van der Waals surface area contributed by atoms with Crippen LogP contribution in [0.4, 0.5) is 0 Å². The summed E-state index contributed by atoms with van der Waals surface area (Å²) in [6.07, 6.45) is 5.84. The maximum Gasteiger partial charge on any atom is 0.228 e. The predicted octanol–water partition coefficient (Wildman–Crippen LogP) is 3.15. The normalized spacial score (nSPS) is 25.7. The Labute approximate surface area is 116 Å². The van der Waals surface area contributed by atoms with Crippen LogP contribution in [-0.2, 0) is 6.42 Å². The molecule has 1 saturated carbocycles. The number of aromatic nitrogens is 2. The minimum Gasteiger partial charge on any atom is -0.339 e. The largest absolute Gasteiger partial charge is 0.339 e. The molecule has 0 saturated heterocycles. The van der Waals surface area contributed by atoms with Gasteiger partial charge in [0.15, 0.2) is 5.82 Å². The van der Waals surface area contributed by atoms with E-state index in [2.05, 4.69) is 36.2 Å². The fourth-order valence-corrected chi connectivity index (χ4v) is 2.92. The summed E-state index contributed by atoms with van der Waals surface area (Å²) in [6, 6.07) is 0.380. The first kappa shape index (κ1) is 14.5. The van der Waals surface area contributed by atoms with Crippen molar-refractivity contribution in [1.29, 1.82) is 0 Å². The van der Waals surface area contributed by atoms with Gasteiger partial charge in [0.05, 0.1) is 0 Å². The van der Waals surface area contributed by atoms with E-state index in [0.29, 0.717) is 12.0 Å². The summed E-state index contributed by atoms with van der Waals surface area (Å²) in [5.74, 6) is 3.89. The van der Waals surface area contributed by atoms with Crippen LogP contribution in [0.3, 0.4) is 0 Å². The maximum atomic E-state index is 5.36. The van der Waals surface area contributed by atoms with E-state index >= 15 is 0 Å². The summed E-state index contributed by atoms with van der Waals surface area (Å²) in [4.78, 5) is 4.57. The number of hydrogen-bond acceptors (Lipinski definition) is 4. The number of nitrogens with zero attached hydrogens (tertiary/aromatic N) is 2. The van der Waals surface area contributed by atoms with Gasteiger partial charge in [0, 0.05) is 18.4 Å². The summed E-state index contributed by atoms with van der Waals surface area (Å²) >= 11 is 0. The highest BCUT2D eigenvalue weighted by Gasteiger charge is 2.27. The Morgan fingerprint density at radius 2 is 1.89 bits per heavy atom. The van der Waals surface area contributed by atoms with Crippen LogP contribution in [0, 0.1) is 11.8 Å². The molecule has 1 atom stereocenters. The van der Waals surface area contributed by atoms with Crippen molar-refractivity contribution in [3.63, 3.8) is 0 Å². The number of nitrogens with one attached hydrogen (secondary N) is 1. The van der Waals surface area contributed by atoms with Gasteiger partial charge in [-0.05, 0) is 51.5 Å². The molecule has 1 aromatic heterocycles. The highest BCUT2D eigenvalue weighted by atomic mass is 16.5. The van der Waals surface area contributed by atoms with Gasteiger partial charge in [0.2, 0.25) is 5.89 Å². The fraction of sp³-hybridized carbons (Fsp3) is 0.867. The van der Waals surface area contributed by atoms with Crippen molar-refractivity contribution >= 4 is 0 Å². The summed E-state index contributed by atoms with van der Waals surface area (Å²) in [7, 11) is 1.95. The molecule has 1 aliphatic rings. The first-order valence-electron chi connectivity index (χ1n) is 7.60. The van der Waals surface area contributed by atoms with E-state index in [0.717, 1.165) is 30.0 Å². The van der Waals surface area contributed by atoms with Crippen LogP contribution in [0.15, 0.2) is 4.52 Å². The van der Waals surface area contributed by atoms with E-state index in [1.807, 2.05) is 7.05 Å². The van der Waals surface area contributed by atoms with Gasteiger partial charge in [-0.3, -0.25) is 0 Å².